The highest BCUT2D eigenvalue weighted by atomic mass is 32.1. The van der Waals surface area contributed by atoms with Crippen molar-refractivity contribution in [3.63, 3.8) is 0 Å². The molecular formula is C23H24N2O2S. The lowest BCUT2D eigenvalue weighted by molar-refractivity contribution is -0.121. The SMILES string of the molecule is CCCc1nc(-c2ccc3c(c2)N(CCCc2ccccc2)C(=O)CO3)cs1. The minimum absolute atomic E-state index is 0.0164. The van der Waals surface area contributed by atoms with Crippen molar-refractivity contribution in [3.05, 3.63) is 64.5 Å². The van der Waals surface area contributed by atoms with E-state index in [-0.39, 0.29) is 12.5 Å². The number of aryl methyl sites for hydroxylation is 2. The molecule has 0 fully saturated rings. The van der Waals surface area contributed by atoms with Crippen LogP contribution in [0.1, 0.15) is 30.3 Å². The Labute approximate surface area is 169 Å². The molecule has 0 aliphatic carbocycles. The van der Waals surface area contributed by atoms with Crippen molar-refractivity contribution in [3.8, 4) is 17.0 Å². The molecule has 0 spiro atoms. The molecule has 3 aromatic rings. The average molecular weight is 393 g/mol. The molecule has 0 unspecified atom stereocenters. The van der Waals surface area contributed by atoms with Crippen molar-refractivity contribution in [2.24, 2.45) is 0 Å². The standard InChI is InChI=1S/C23H24N2O2S/c1-2-7-22-24-19(16-28-22)18-11-12-21-20(14-18)25(23(26)15-27-21)13-6-10-17-8-4-3-5-9-17/h3-5,8-9,11-12,14,16H,2,6-7,10,13,15H2,1H3. The van der Waals surface area contributed by atoms with Crippen LogP contribution in [0.3, 0.4) is 0 Å². The summed E-state index contributed by atoms with van der Waals surface area (Å²) in [7, 11) is 0. The predicted molar refractivity (Wildman–Crippen MR) is 114 cm³/mol. The largest absolute Gasteiger partial charge is 0.482 e. The van der Waals surface area contributed by atoms with E-state index in [9.17, 15) is 4.79 Å². The van der Waals surface area contributed by atoms with Gasteiger partial charge in [0.15, 0.2) is 6.61 Å². The van der Waals surface area contributed by atoms with Gasteiger partial charge in [-0.25, -0.2) is 4.98 Å². The number of thiazole rings is 1. The van der Waals surface area contributed by atoms with Crippen molar-refractivity contribution >= 4 is 22.9 Å². The van der Waals surface area contributed by atoms with Gasteiger partial charge in [-0.2, -0.15) is 0 Å². The molecule has 2 aromatic carbocycles. The second kappa shape index (κ2) is 8.57. The summed E-state index contributed by atoms with van der Waals surface area (Å²) in [6, 6.07) is 16.4. The van der Waals surface area contributed by atoms with Crippen LogP contribution in [0.25, 0.3) is 11.3 Å². The number of hydrogen-bond donors (Lipinski definition) is 0. The lowest BCUT2D eigenvalue weighted by atomic mass is 10.1. The molecule has 2 heterocycles. The molecule has 0 bridgehead atoms. The fraction of sp³-hybridized carbons (Fsp3) is 0.304. The van der Waals surface area contributed by atoms with E-state index in [0.29, 0.717) is 6.54 Å². The summed E-state index contributed by atoms with van der Waals surface area (Å²) >= 11 is 1.70. The maximum atomic E-state index is 12.5. The minimum Gasteiger partial charge on any atom is -0.482 e. The molecule has 1 aliphatic heterocycles. The highest BCUT2D eigenvalue weighted by molar-refractivity contribution is 7.09. The van der Waals surface area contributed by atoms with Gasteiger partial charge in [-0.1, -0.05) is 37.3 Å². The summed E-state index contributed by atoms with van der Waals surface area (Å²) < 4.78 is 5.66. The molecule has 5 heteroatoms. The van der Waals surface area contributed by atoms with Crippen LogP contribution in [0, 0.1) is 0 Å². The number of carbonyl (C=O) groups excluding carboxylic acids is 1. The van der Waals surface area contributed by atoms with Crippen LogP contribution >= 0.6 is 11.3 Å². The molecule has 1 aromatic heterocycles. The fourth-order valence-corrected chi connectivity index (χ4v) is 4.37. The Morgan fingerprint density at radius 2 is 2.00 bits per heavy atom. The molecule has 4 rings (SSSR count). The Kier molecular flexibility index (Phi) is 5.72. The number of carbonyl (C=O) groups is 1. The first-order valence-electron chi connectivity index (χ1n) is 9.80. The minimum atomic E-state index is 0.0164. The van der Waals surface area contributed by atoms with Crippen LogP contribution in [-0.2, 0) is 17.6 Å². The van der Waals surface area contributed by atoms with E-state index in [1.54, 1.807) is 11.3 Å². The smallest absolute Gasteiger partial charge is 0.265 e. The van der Waals surface area contributed by atoms with E-state index >= 15 is 0 Å². The van der Waals surface area contributed by atoms with Gasteiger partial charge < -0.3 is 9.64 Å². The molecule has 0 N–H and O–H groups in total. The summed E-state index contributed by atoms with van der Waals surface area (Å²) in [5.41, 5.74) is 4.15. The van der Waals surface area contributed by atoms with Crippen LogP contribution < -0.4 is 9.64 Å². The summed E-state index contributed by atoms with van der Waals surface area (Å²) in [5.74, 6) is 0.787. The molecule has 0 atom stereocenters. The summed E-state index contributed by atoms with van der Waals surface area (Å²) in [6.45, 7) is 2.96. The van der Waals surface area contributed by atoms with Gasteiger partial charge in [-0.3, -0.25) is 4.79 Å². The quantitative estimate of drug-likeness (QED) is 0.560. The van der Waals surface area contributed by atoms with Crippen molar-refractivity contribution in [2.75, 3.05) is 18.1 Å². The monoisotopic (exact) mass is 392 g/mol. The summed E-state index contributed by atoms with van der Waals surface area (Å²) in [6.07, 6.45) is 3.96. The van der Waals surface area contributed by atoms with Gasteiger partial charge in [0.2, 0.25) is 0 Å². The average Bonchev–Trinajstić information content (AvgIpc) is 3.19. The van der Waals surface area contributed by atoms with Crippen molar-refractivity contribution in [1.82, 2.24) is 4.98 Å². The van der Waals surface area contributed by atoms with E-state index in [0.717, 1.165) is 53.4 Å². The number of ether oxygens (including phenoxy) is 1. The van der Waals surface area contributed by atoms with Crippen LogP contribution in [-0.4, -0.2) is 24.0 Å². The highest BCUT2D eigenvalue weighted by Crippen LogP contribution is 2.36. The van der Waals surface area contributed by atoms with Gasteiger partial charge >= 0.3 is 0 Å². The molecular weight excluding hydrogens is 368 g/mol. The zero-order chi connectivity index (χ0) is 19.3. The second-order valence-corrected chi connectivity index (χ2v) is 7.92. The molecule has 28 heavy (non-hydrogen) atoms. The van der Waals surface area contributed by atoms with Crippen LogP contribution in [0.2, 0.25) is 0 Å². The zero-order valence-corrected chi connectivity index (χ0v) is 16.9. The lowest BCUT2D eigenvalue weighted by Gasteiger charge is -2.29. The van der Waals surface area contributed by atoms with E-state index < -0.39 is 0 Å². The number of benzene rings is 2. The molecule has 4 nitrogen and oxygen atoms in total. The third kappa shape index (κ3) is 4.09. The van der Waals surface area contributed by atoms with Gasteiger partial charge in [0.05, 0.1) is 16.4 Å². The van der Waals surface area contributed by atoms with Crippen molar-refractivity contribution < 1.29 is 9.53 Å². The van der Waals surface area contributed by atoms with Gasteiger partial charge in [0.25, 0.3) is 5.91 Å². The number of hydrogen-bond acceptors (Lipinski definition) is 4. The molecule has 0 radical (unpaired) electrons. The summed E-state index contributed by atoms with van der Waals surface area (Å²) in [4.78, 5) is 19.1. The van der Waals surface area contributed by atoms with Crippen LogP contribution in [0.4, 0.5) is 5.69 Å². The Morgan fingerprint density at radius 3 is 2.82 bits per heavy atom. The molecule has 1 amide bonds. The van der Waals surface area contributed by atoms with Crippen molar-refractivity contribution in [2.45, 2.75) is 32.6 Å². The highest BCUT2D eigenvalue weighted by Gasteiger charge is 2.25. The lowest BCUT2D eigenvalue weighted by Crippen LogP contribution is -2.39. The number of aromatic nitrogens is 1. The first-order valence-corrected chi connectivity index (χ1v) is 10.7. The van der Waals surface area contributed by atoms with Crippen LogP contribution in [0.15, 0.2) is 53.9 Å². The zero-order valence-electron chi connectivity index (χ0n) is 16.1. The van der Waals surface area contributed by atoms with E-state index in [2.05, 4.69) is 36.6 Å². The van der Waals surface area contributed by atoms with Gasteiger partial charge in [0.1, 0.15) is 5.75 Å². The Bertz CT molecular complexity index is 952. The Morgan fingerprint density at radius 1 is 1.14 bits per heavy atom. The van der Waals surface area contributed by atoms with Crippen molar-refractivity contribution in [1.29, 1.82) is 0 Å². The normalized spacial score (nSPS) is 13.3. The fourth-order valence-electron chi connectivity index (χ4n) is 3.46. The number of nitrogens with zero attached hydrogens (tertiary/aromatic N) is 2. The topological polar surface area (TPSA) is 42.4 Å². The van der Waals surface area contributed by atoms with E-state index in [1.165, 1.54) is 5.56 Å². The number of rotatable bonds is 7. The number of amides is 1. The van der Waals surface area contributed by atoms with Gasteiger partial charge in [-0.05, 0) is 49.4 Å². The van der Waals surface area contributed by atoms with Crippen LogP contribution in [0.5, 0.6) is 5.75 Å². The van der Waals surface area contributed by atoms with E-state index in [1.807, 2.05) is 29.2 Å². The molecule has 144 valence electrons. The Balaban J connectivity index is 1.53. The molecule has 0 saturated carbocycles. The third-order valence-corrected chi connectivity index (χ3v) is 5.81. The van der Waals surface area contributed by atoms with E-state index in [4.69, 9.17) is 9.72 Å². The molecule has 1 aliphatic rings. The van der Waals surface area contributed by atoms with Gasteiger partial charge in [0, 0.05) is 17.5 Å². The number of anilines is 1. The number of fused-ring (bicyclic) bond motifs is 1. The predicted octanol–water partition coefficient (Wildman–Crippen LogP) is 5.12. The summed E-state index contributed by atoms with van der Waals surface area (Å²) in [5, 5.41) is 3.25. The third-order valence-electron chi connectivity index (χ3n) is 4.90. The first-order chi connectivity index (χ1) is 13.7. The van der Waals surface area contributed by atoms with Gasteiger partial charge in [-0.15, -0.1) is 11.3 Å². The maximum Gasteiger partial charge on any atom is 0.265 e. The maximum absolute atomic E-state index is 12.5. The second-order valence-electron chi connectivity index (χ2n) is 6.98. The first kappa shape index (κ1) is 18.7. The Hall–Kier alpha value is -2.66. The molecule has 0 saturated heterocycles.